The fourth-order valence-corrected chi connectivity index (χ4v) is 2.61. The van der Waals surface area contributed by atoms with Gasteiger partial charge in [-0.15, -0.1) is 0 Å². The van der Waals surface area contributed by atoms with Gasteiger partial charge < -0.3 is 19.8 Å². The van der Waals surface area contributed by atoms with Gasteiger partial charge >= 0.3 is 0 Å². The number of fused-ring (bicyclic) bond motifs is 1. The van der Waals surface area contributed by atoms with Gasteiger partial charge in [0.1, 0.15) is 5.56 Å². The Labute approximate surface area is 143 Å². The molecule has 2 aromatic carbocycles. The first kappa shape index (κ1) is 15.0. The molecule has 0 aliphatic carbocycles. The van der Waals surface area contributed by atoms with Crippen LogP contribution in [0.4, 0.5) is 5.69 Å². The first-order valence-corrected chi connectivity index (χ1v) is 7.70. The maximum Gasteiger partial charge on any atom is 0.261 e. The Kier molecular flexibility index (Phi) is 3.70. The Bertz CT molecular complexity index is 996. The molecule has 3 aromatic rings. The van der Waals surface area contributed by atoms with Crippen molar-refractivity contribution in [2.24, 2.45) is 0 Å². The Morgan fingerprint density at radius 1 is 0.960 bits per heavy atom. The molecule has 25 heavy (non-hydrogen) atoms. The van der Waals surface area contributed by atoms with Crippen LogP contribution in [0.25, 0.3) is 11.3 Å². The average molecular weight is 334 g/mol. The number of aromatic nitrogens is 1. The van der Waals surface area contributed by atoms with Crippen LogP contribution in [0.1, 0.15) is 10.4 Å². The van der Waals surface area contributed by atoms with E-state index in [4.69, 9.17) is 9.47 Å². The molecule has 2 heterocycles. The molecule has 0 fully saturated rings. The van der Waals surface area contributed by atoms with Gasteiger partial charge in [0, 0.05) is 17.4 Å². The third kappa shape index (κ3) is 2.97. The minimum atomic E-state index is -0.486. The highest BCUT2D eigenvalue weighted by molar-refractivity contribution is 6.04. The number of pyridine rings is 1. The van der Waals surface area contributed by atoms with E-state index >= 15 is 0 Å². The molecule has 1 aliphatic rings. The van der Waals surface area contributed by atoms with Crippen molar-refractivity contribution in [1.29, 1.82) is 0 Å². The van der Waals surface area contributed by atoms with Gasteiger partial charge in [-0.1, -0.05) is 30.3 Å². The van der Waals surface area contributed by atoms with Crippen LogP contribution < -0.4 is 20.3 Å². The van der Waals surface area contributed by atoms with Crippen molar-refractivity contribution in [3.63, 3.8) is 0 Å². The largest absolute Gasteiger partial charge is 0.454 e. The lowest BCUT2D eigenvalue weighted by molar-refractivity contribution is 0.102. The van der Waals surface area contributed by atoms with Crippen molar-refractivity contribution >= 4 is 11.6 Å². The Hall–Kier alpha value is -3.54. The highest BCUT2D eigenvalue weighted by Gasteiger charge is 2.16. The first-order valence-electron chi connectivity index (χ1n) is 7.70. The molecule has 6 heteroatoms. The zero-order valence-electron chi connectivity index (χ0n) is 13.1. The molecule has 0 saturated carbocycles. The summed E-state index contributed by atoms with van der Waals surface area (Å²) in [7, 11) is 0. The number of carbonyl (C=O) groups is 1. The zero-order chi connectivity index (χ0) is 17.2. The number of hydrogen-bond acceptors (Lipinski definition) is 4. The minimum absolute atomic E-state index is 0.0392. The van der Waals surface area contributed by atoms with Crippen molar-refractivity contribution in [2.75, 3.05) is 12.1 Å². The van der Waals surface area contributed by atoms with Gasteiger partial charge in [-0.2, -0.15) is 0 Å². The van der Waals surface area contributed by atoms with Crippen LogP contribution >= 0.6 is 0 Å². The van der Waals surface area contributed by atoms with Gasteiger partial charge in [0.15, 0.2) is 11.5 Å². The number of anilines is 1. The van der Waals surface area contributed by atoms with Gasteiger partial charge in [0.25, 0.3) is 11.5 Å². The standard InChI is InChI=1S/C19H14N2O4/c22-18(20-13-6-9-16-17(10-13)25-11-24-16)14-7-8-15(21-19(14)23)12-4-2-1-3-5-12/h1-10H,11H2,(H,20,22)(H,21,23). The summed E-state index contributed by atoms with van der Waals surface area (Å²) >= 11 is 0. The number of amides is 1. The van der Waals surface area contributed by atoms with Gasteiger partial charge in [-0.05, 0) is 29.8 Å². The van der Waals surface area contributed by atoms with E-state index in [1.165, 1.54) is 6.07 Å². The van der Waals surface area contributed by atoms with E-state index in [1.807, 2.05) is 30.3 Å². The third-order valence-corrected chi connectivity index (χ3v) is 3.87. The average Bonchev–Trinajstić information content (AvgIpc) is 3.10. The van der Waals surface area contributed by atoms with Gasteiger partial charge in [-0.25, -0.2) is 0 Å². The molecule has 124 valence electrons. The molecule has 0 unspecified atom stereocenters. The normalized spacial score (nSPS) is 12.0. The van der Waals surface area contributed by atoms with Crippen molar-refractivity contribution in [3.05, 3.63) is 76.6 Å². The third-order valence-electron chi connectivity index (χ3n) is 3.87. The molecule has 0 radical (unpaired) electrons. The molecule has 0 saturated heterocycles. The summed E-state index contributed by atoms with van der Waals surface area (Å²) in [5.41, 5.74) is 1.66. The lowest BCUT2D eigenvalue weighted by Gasteiger charge is -2.07. The SMILES string of the molecule is O=C(Nc1ccc2c(c1)OCO2)c1ccc(-c2ccccc2)[nH]c1=O. The van der Waals surface area contributed by atoms with E-state index in [0.29, 0.717) is 22.9 Å². The zero-order valence-corrected chi connectivity index (χ0v) is 13.1. The molecule has 6 nitrogen and oxygen atoms in total. The fraction of sp³-hybridized carbons (Fsp3) is 0.0526. The lowest BCUT2D eigenvalue weighted by Crippen LogP contribution is -2.23. The van der Waals surface area contributed by atoms with E-state index in [-0.39, 0.29) is 12.4 Å². The molecular formula is C19H14N2O4. The summed E-state index contributed by atoms with van der Waals surface area (Å²) in [4.78, 5) is 27.4. The van der Waals surface area contributed by atoms with Crippen LogP contribution in [-0.2, 0) is 0 Å². The summed E-state index contributed by atoms with van der Waals surface area (Å²) in [5, 5.41) is 2.69. The molecule has 1 aromatic heterocycles. The van der Waals surface area contributed by atoms with E-state index in [2.05, 4.69) is 10.3 Å². The maximum absolute atomic E-state index is 12.4. The quantitative estimate of drug-likeness (QED) is 0.771. The van der Waals surface area contributed by atoms with E-state index in [0.717, 1.165) is 5.56 Å². The summed E-state index contributed by atoms with van der Waals surface area (Å²) in [6.45, 7) is 0.160. The second-order valence-electron chi connectivity index (χ2n) is 5.50. The summed E-state index contributed by atoms with van der Waals surface area (Å²) in [6.07, 6.45) is 0. The van der Waals surface area contributed by atoms with Gasteiger partial charge in [-0.3, -0.25) is 9.59 Å². The van der Waals surface area contributed by atoms with Crippen molar-refractivity contribution < 1.29 is 14.3 Å². The smallest absolute Gasteiger partial charge is 0.261 e. The van der Waals surface area contributed by atoms with Crippen LogP contribution in [-0.4, -0.2) is 17.7 Å². The van der Waals surface area contributed by atoms with Crippen LogP contribution in [0, 0.1) is 0 Å². The highest BCUT2D eigenvalue weighted by Crippen LogP contribution is 2.34. The summed E-state index contributed by atoms with van der Waals surface area (Å²) in [6, 6.07) is 17.7. The highest BCUT2D eigenvalue weighted by atomic mass is 16.7. The van der Waals surface area contributed by atoms with E-state index < -0.39 is 11.5 Å². The second kappa shape index (κ2) is 6.16. The van der Waals surface area contributed by atoms with Crippen molar-refractivity contribution in [3.8, 4) is 22.8 Å². The van der Waals surface area contributed by atoms with Gasteiger partial charge in [0.05, 0.1) is 0 Å². The molecule has 1 amide bonds. The lowest BCUT2D eigenvalue weighted by atomic mass is 10.1. The Balaban J connectivity index is 1.57. The van der Waals surface area contributed by atoms with Crippen molar-refractivity contribution in [1.82, 2.24) is 4.98 Å². The number of benzene rings is 2. The van der Waals surface area contributed by atoms with Crippen LogP contribution in [0.15, 0.2) is 65.5 Å². The molecular weight excluding hydrogens is 320 g/mol. The van der Waals surface area contributed by atoms with Gasteiger partial charge in [0.2, 0.25) is 6.79 Å². The topological polar surface area (TPSA) is 80.4 Å². The van der Waals surface area contributed by atoms with E-state index in [1.54, 1.807) is 24.3 Å². The molecule has 1 aliphatic heterocycles. The molecule has 2 N–H and O–H groups in total. The van der Waals surface area contributed by atoms with Crippen molar-refractivity contribution in [2.45, 2.75) is 0 Å². The Morgan fingerprint density at radius 3 is 2.56 bits per heavy atom. The molecule has 0 spiro atoms. The Morgan fingerprint density at radius 2 is 1.76 bits per heavy atom. The number of ether oxygens (including phenoxy) is 2. The number of aromatic amines is 1. The van der Waals surface area contributed by atoms with Crippen LogP contribution in [0.3, 0.4) is 0 Å². The number of rotatable bonds is 3. The number of carbonyl (C=O) groups excluding carboxylic acids is 1. The number of hydrogen-bond donors (Lipinski definition) is 2. The molecule has 0 atom stereocenters. The van der Waals surface area contributed by atoms with Crippen LogP contribution in [0.2, 0.25) is 0 Å². The maximum atomic E-state index is 12.4. The number of H-pyrrole nitrogens is 1. The molecule has 4 rings (SSSR count). The number of nitrogens with one attached hydrogen (secondary N) is 2. The minimum Gasteiger partial charge on any atom is -0.454 e. The predicted octanol–water partition coefficient (Wildman–Crippen LogP) is 3.02. The summed E-state index contributed by atoms with van der Waals surface area (Å²) < 4.78 is 10.5. The fourth-order valence-electron chi connectivity index (χ4n) is 2.61. The monoisotopic (exact) mass is 334 g/mol. The first-order chi connectivity index (χ1) is 12.2. The van der Waals surface area contributed by atoms with E-state index in [9.17, 15) is 9.59 Å². The molecule has 0 bridgehead atoms. The predicted molar refractivity (Wildman–Crippen MR) is 93.0 cm³/mol. The summed E-state index contributed by atoms with van der Waals surface area (Å²) in [5.74, 6) is 0.703. The van der Waals surface area contributed by atoms with Crippen LogP contribution in [0.5, 0.6) is 11.5 Å². The second-order valence-corrected chi connectivity index (χ2v) is 5.50.